The van der Waals surface area contributed by atoms with Crippen LogP contribution in [0.25, 0.3) is 0 Å². The topological polar surface area (TPSA) is 49.4 Å². The molecule has 1 heterocycles. The molecule has 1 aliphatic rings. The van der Waals surface area contributed by atoms with Gasteiger partial charge in [-0.2, -0.15) is 0 Å². The van der Waals surface area contributed by atoms with Crippen LogP contribution >= 0.6 is 15.9 Å². The van der Waals surface area contributed by atoms with Gasteiger partial charge in [0.05, 0.1) is 0 Å². The van der Waals surface area contributed by atoms with Crippen molar-refractivity contribution in [1.29, 1.82) is 0 Å². The molecule has 0 atom stereocenters. The van der Waals surface area contributed by atoms with Crippen molar-refractivity contribution in [2.45, 2.75) is 26.3 Å². The van der Waals surface area contributed by atoms with Crippen molar-refractivity contribution in [2.75, 3.05) is 18.4 Å². The van der Waals surface area contributed by atoms with Crippen LogP contribution in [0.5, 0.6) is 0 Å². The van der Waals surface area contributed by atoms with Crippen LogP contribution in [0.15, 0.2) is 53.0 Å². The molecule has 26 heavy (non-hydrogen) atoms. The number of piperidine rings is 1. The maximum atomic E-state index is 12.5. The van der Waals surface area contributed by atoms with Crippen LogP contribution in [0.2, 0.25) is 0 Å². The lowest BCUT2D eigenvalue weighted by Crippen LogP contribution is -2.37. The maximum Gasteiger partial charge on any atom is 0.227 e. The number of nitrogens with one attached hydrogen (secondary N) is 1. The summed E-state index contributed by atoms with van der Waals surface area (Å²) in [5, 5.41) is 2.96. The number of carbonyl (C=O) groups is 2. The number of hydrogen-bond acceptors (Lipinski definition) is 3. The third kappa shape index (κ3) is 5.02. The molecule has 1 fully saturated rings. The van der Waals surface area contributed by atoms with Crippen molar-refractivity contribution >= 4 is 33.3 Å². The summed E-state index contributed by atoms with van der Waals surface area (Å²) < 4.78 is 1.09. The fourth-order valence-corrected chi connectivity index (χ4v) is 3.75. The Labute approximate surface area is 162 Å². The molecule has 0 unspecified atom stereocenters. The number of Topliss-reactive ketones (excluding diaryl/α,β-unsaturated/α-hetero) is 1. The number of halogens is 1. The number of rotatable bonds is 5. The zero-order chi connectivity index (χ0) is 18.5. The molecule has 1 N–H and O–H groups in total. The van der Waals surface area contributed by atoms with Gasteiger partial charge in [0.15, 0.2) is 5.78 Å². The molecule has 0 bridgehead atoms. The molecule has 3 rings (SSSR count). The molecule has 0 radical (unpaired) electrons. The third-order valence-corrected chi connectivity index (χ3v) is 5.28. The number of hydrogen-bond donors (Lipinski definition) is 1. The maximum absolute atomic E-state index is 12.5. The first-order chi connectivity index (χ1) is 12.5. The van der Waals surface area contributed by atoms with Gasteiger partial charge in [-0.05, 0) is 62.7 Å². The molecule has 1 saturated heterocycles. The van der Waals surface area contributed by atoms with E-state index in [9.17, 15) is 9.59 Å². The van der Waals surface area contributed by atoms with Gasteiger partial charge in [0.25, 0.3) is 0 Å². The van der Waals surface area contributed by atoms with Crippen LogP contribution in [0.3, 0.4) is 0 Å². The summed E-state index contributed by atoms with van der Waals surface area (Å²) in [5.41, 5.74) is 2.59. The van der Waals surface area contributed by atoms with Crippen LogP contribution in [0.1, 0.15) is 35.7 Å². The lowest BCUT2D eigenvalue weighted by molar-refractivity contribution is -0.121. The van der Waals surface area contributed by atoms with Gasteiger partial charge in [0, 0.05) is 28.2 Å². The van der Waals surface area contributed by atoms with E-state index in [1.54, 1.807) is 18.2 Å². The molecule has 2 aromatic carbocycles. The Morgan fingerprint density at radius 3 is 2.54 bits per heavy atom. The Kier molecular flexibility index (Phi) is 6.22. The highest BCUT2D eigenvalue weighted by Gasteiger charge is 2.25. The monoisotopic (exact) mass is 414 g/mol. The van der Waals surface area contributed by atoms with Crippen LogP contribution in [0.4, 0.5) is 5.69 Å². The molecule has 4 nitrogen and oxygen atoms in total. The molecule has 136 valence electrons. The molecule has 0 spiro atoms. The highest BCUT2D eigenvalue weighted by Crippen LogP contribution is 2.22. The van der Waals surface area contributed by atoms with Crippen molar-refractivity contribution in [3.8, 4) is 0 Å². The van der Waals surface area contributed by atoms with E-state index in [1.165, 1.54) is 12.5 Å². The van der Waals surface area contributed by atoms with Crippen molar-refractivity contribution in [2.24, 2.45) is 5.92 Å². The molecule has 1 aliphatic heterocycles. The summed E-state index contributed by atoms with van der Waals surface area (Å²) in [6, 6.07) is 15.5. The average Bonchev–Trinajstić information content (AvgIpc) is 2.62. The van der Waals surface area contributed by atoms with Crippen molar-refractivity contribution < 1.29 is 9.59 Å². The van der Waals surface area contributed by atoms with Crippen LogP contribution in [-0.2, 0) is 11.3 Å². The van der Waals surface area contributed by atoms with Crippen LogP contribution < -0.4 is 5.32 Å². The lowest BCUT2D eigenvalue weighted by Gasteiger charge is -2.31. The third-order valence-electron chi connectivity index (χ3n) is 4.79. The summed E-state index contributed by atoms with van der Waals surface area (Å²) in [6.07, 6.45) is 1.71. The fourth-order valence-electron chi connectivity index (χ4n) is 3.31. The van der Waals surface area contributed by atoms with Gasteiger partial charge >= 0.3 is 0 Å². The number of ketones is 1. The van der Waals surface area contributed by atoms with Gasteiger partial charge in [-0.25, -0.2) is 0 Å². The molecule has 1 amide bonds. The largest absolute Gasteiger partial charge is 0.326 e. The Morgan fingerprint density at radius 1 is 1.12 bits per heavy atom. The second-order valence-corrected chi connectivity index (χ2v) is 7.72. The van der Waals surface area contributed by atoms with E-state index in [0.29, 0.717) is 11.3 Å². The Hall–Kier alpha value is -1.98. The zero-order valence-electron chi connectivity index (χ0n) is 14.9. The molecule has 5 heteroatoms. The quantitative estimate of drug-likeness (QED) is 0.732. The number of nitrogens with zero attached hydrogens (tertiary/aromatic N) is 1. The highest BCUT2D eigenvalue weighted by molar-refractivity contribution is 9.10. The van der Waals surface area contributed by atoms with Gasteiger partial charge in [-0.3, -0.25) is 14.5 Å². The van der Waals surface area contributed by atoms with E-state index in [0.717, 1.165) is 36.9 Å². The van der Waals surface area contributed by atoms with Gasteiger partial charge in [0.1, 0.15) is 0 Å². The first-order valence-corrected chi connectivity index (χ1v) is 9.69. The first-order valence-electron chi connectivity index (χ1n) is 8.90. The lowest BCUT2D eigenvalue weighted by atomic mass is 9.95. The normalized spacial score (nSPS) is 15.6. The first kappa shape index (κ1) is 18.8. The summed E-state index contributed by atoms with van der Waals surface area (Å²) in [7, 11) is 0. The number of carbonyl (C=O) groups excluding carboxylic acids is 2. The summed E-state index contributed by atoms with van der Waals surface area (Å²) >= 11 is 3.51. The van der Waals surface area contributed by atoms with E-state index in [2.05, 4.69) is 44.3 Å². The summed E-state index contributed by atoms with van der Waals surface area (Å²) in [4.78, 5) is 26.4. The van der Waals surface area contributed by atoms with E-state index in [-0.39, 0.29) is 17.6 Å². The molecule has 0 saturated carbocycles. The molecule has 0 aromatic heterocycles. The minimum atomic E-state index is 0.00181. The van der Waals surface area contributed by atoms with Crippen LogP contribution in [0, 0.1) is 5.92 Å². The second kappa shape index (κ2) is 8.60. The number of amides is 1. The van der Waals surface area contributed by atoms with Gasteiger partial charge in [-0.1, -0.05) is 40.2 Å². The molecule has 0 aliphatic carbocycles. The number of anilines is 1. The Morgan fingerprint density at radius 2 is 1.85 bits per heavy atom. The summed E-state index contributed by atoms with van der Waals surface area (Å²) in [6.45, 7) is 4.27. The highest BCUT2D eigenvalue weighted by atomic mass is 79.9. The van der Waals surface area contributed by atoms with Crippen molar-refractivity contribution in [3.63, 3.8) is 0 Å². The minimum Gasteiger partial charge on any atom is -0.326 e. The van der Waals surface area contributed by atoms with Crippen LogP contribution in [-0.4, -0.2) is 29.7 Å². The standard InChI is InChI=1S/C21H23BrN2O2/c1-15(25)18-5-3-7-20(13-18)23-21(26)17-8-10-24(11-9-17)14-16-4-2-6-19(22)12-16/h2-7,12-13,17H,8-11,14H2,1H3,(H,23,26). The molecular weight excluding hydrogens is 392 g/mol. The van der Waals surface area contributed by atoms with Crippen molar-refractivity contribution in [3.05, 3.63) is 64.1 Å². The fraction of sp³-hybridized carbons (Fsp3) is 0.333. The van der Waals surface area contributed by atoms with E-state index in [4.69, 9.17) is 0 Å². The SMILES string of the molecule is CC(=O)c1cccc(NC(=O)C2CCN(Cc3cccc(Br)c3)CC2)c1. The molecule has 2 aromatic rings. The molecular formula is C21H23BrN2O2. The van der Waals surface area contributed by atoms with Gasteiger partial charge in [0.2, 0.25) is 5.91 Å². The zero-order valence-corrected chi connectivity index (χ0v) is 16.5. The van der Waals surface area contributed by atoms with E-state index < -0.39 is 0 Å². The van der Waals surface area contributed by atoms with Gasteiger partial charge in [-0.15, -0.1) is 0 Å². The average molecular weight is 415 g/mol. The number of likely N-dealkylation sites (tertiary alicyclic amines) is 1. The van der Waals surface area contributed by atoms with Gasteiger partial charge < -0.3 is 5.32 Å². The minimum absolute atomic E-state index is 0.00181. The second-order valence-electron chi connectivity index (χ2n) is 6.81. The van der Waals surface area contributed by atoms with E-state index >= 15 is 0 Å². The smallest absolute Gasteiger partial charge is 0.227 e. The van der Waals surface area contributed by atoms with Crippen molar-refractivity contribution in [1.82, 2.24) is 4.90 Å². The predicted octanol–water partition coefficient (Wildman–Crippen LogP) is 4.50. The number of benzene rings is 2. The predicted molar refractivity (Wildman–Crippen MR) is 107 cm³/mol. The van der Waals surface area contributed by atoms with E-state index in [1.807, 2.05) is 12.1 Å². The Balaban J connectivity index is 1.52. The Bertz CT molecular complexity index is 798. The summed E-state index contributed by atoms with van der Waals surface area (Å²) in [5.74, 6) is 0.0736.